The predicted octanol–water partition coefficient (Wildman–Crippen LogP) is 5.12. The number of hydrogen-bond donors (Lipinski definition) is 0. The molecule has 0 saturated carbocycles. The topological polar surface area (TPSA) is 3.24 Å². The zero-order valence-electron chi connectivity index (χ0n) is 12.0. The molecule has 0 fully saturated rings. The number of hydrogen-bond acceptors (Lipinski definition) is 2. The molecule has 0 N–H and O–H groups in total. The Morgan fingerprint density at radius 1 is 1.20 bits per heavy atom. The number of thiophene rings is 1. The van der Waals surface area contributed by atoms with E-state index in [0.29, 0.717) is 0 Å². The average Bonchev–Trinajstić information content (AvgIpc) is 2.87. The zero-order chi connectivity index (χ0) is 14.1. The summed E-state index contributed by atoms with van der Waals surface area (Å²) in [6.45, 7) is 9.41. The minimum absolute atomic E-state index is 1.02. The van der Waals surface area contributed by atoms with Crippen molar-refractivity contribution in [1.82, 2.24) is 4.90 Å². The number of allylic oxidation sites excluding steroid dienone is 4. The lowest BCUT2D eigenvalue weighted by molar-refractivity contribution is 0.461. The van der Waals surface area contributed by atoms with E-state index in [1.165, 1.54) is 26.9 Å². The molecule has 0 unspecified atom stereocenters. The van der Waals surface area contributed by atoms with Crippen molar-refractivity contribution in [3.05, 3.63) is 70.9 Å². The summed E-state index contributed by atoms with van der Waals surface area (Å²) in [5.41, 5.74) is 5.19. The second-order valence-electron chi connectivity index (χ2n) is 5.25. The second kappa shape index (κ2) is 5.29. The summed E-state index contributed by atoms with van der Waals surface area (Å²) in [5, 5.41) is 3.70. The van der Waals surface area contributed by atoms with Crippen LogP contribution in [-0.2, 0) is 6.42 Å². The van der Waals surface area contributed by atoms with Crippen LogP contribution in [0.5, 0.6) is 0 Å². The summed E-state index contributed by atoms with van der Waals surface area (Å²) in [5.74, 6) is 0. The molecule has 102 valence electrons. The lowest BCUT2D eigenvalue weighted by Crippen LogP contribution is -2.21. The van der Waals surface area contributed by atoms with Crippen LogP contribution in [0.15, 0.2) is 65.3 Å². The van der Waals surface area contributed by atoms with Gasteiger partial charge in [0.2, 0.25) is 0 Å². The average molecular weight is 281 g/mol. The zero-order valence-corrected chi connectivity index (χ0v) is 12.8. The molecule has 0 spiro atoms. The quantitative estimate of drug-likeness (QED) is 0.754. The summed E-state index contributed by atoms with van der Waals surface area (Å²) >= 11 is 1.84. The highest BCUT2D eigenvalue weighted by Crippen LogP contribution is 2.27. The van der Waals surface area contributed by atoms with Crippen LogP contribution in [-0.4, -0.2) is 11.4 Å². The molecule has 1 aliphatic heterocycles. The first-order valence-electron chi connectivity index (χ1n) is 6.93. The fourth-order valence-electron chi connectivity index (χ4n) is 2.57. The van der Waals surface area contributed by atoms with E-state index in [9.17, 15) is 0 Å². The first kappa shape index (κ1) is 13.2. The van der Waals surface area contributed by atoms with E-state index in [4.69, 9.17) is 0 Å². The van der Waals surface area contributed by atoms with Gasteiger partial charge in [0.05, 0.1) is 0 Å². The van der Waals surface area contributed by atoms with Crippen LogP contribution >= 0.6 is 11.3 Å². The van der Waals surface area contributed by atoms with E-state index in [0.717, 1.165) is 18.5 Å². The van der Waals surface area contributed by atoms with Gasteiger partial charge in [-0.15, -0.1) is 11.3 Å². The molecule has 0 bridgehead atoms. The van der Waals surface area contributed by atoms with Gasteiger partial charge in [-0.05, 0) is 59.9 Å². The number of benzene rings is 1. The lowest BCUT2D eigenvalue weighted by Gasteiger charge is -2.27. The van der Waals surface area contributed by atoms with Gasteiger partial charge in [-0.2, -0.15) is 0 Å². The van der Waals surface area contributed by atoms with Crippen LogP contribution in [0.2, 0.25) is 0 Å². The molecule has 1 aromatic heterocycles. The molecule has 0 saturated heterocycles. The molecule has 2 heteroatoms. The lowest BCUT2D eigenvalue weighted by atomic mass is 10.0. The van der Waals surface area contributed by atoms with Crippen molar-refractivity contribution >= 4 is 21.4 Å². The summed E-state index contributed by atoms with van der Waals surface area (Å²) in [7, 11) is 0. The summed E-state index contributed by atoms with van der Waals surface area (Å²) < 4.78 is 1.38. The van der Waals surface area contributed by atoms with Crippen molar-refractivity contribution < 1.29 is 0 Å². The molecular formula is C18H19NS. The van der Waals surface area contributed by atoms with Crippen LogP contribution in [0.3, 0.4) is 0 Å². The van der Waals surface area contributed by atoms with Gasteiger partial charge < -0.3 is 4.90 Å². The number of rotatable bonds is 3. The van der Waals surface area contributed by atoms with Crippen LogP contribution < -0.4 is 0 Å². The highest BCUT2D eigenvalue weighted by atomic mass is 32.1. The number of fused-ring (bicyclic) bond motifs is 1. The molecular weight excluding hydrogens is 262 g/mol. The van der Waals surface area contributed by atoms with Crippen molar-refractivity contribution in [3.8, 4) is 0 Å². The Hall–Kier alpha value is -1.80. The third-order valence-corrected chi connectivity index (χ3v) is 5.11. The Labute approximate surface area is 124 Å². The Morgan fingerprint density at radius 3 is 2.85 bits per heavy atom. The Bertz CT molecular complexity index is 718. The molecule has 0 aliphatic carbocycles. The van der Waals surface area contributed by atoms with Gasteiger partial charge in [-0.3, -0.25) is 0 Å². The Morgan fingerprint density at radius 2 is 2.00 bits per heavy atom. The Kier molecular flexibility index (Phi) is 3.49. The van der Waals surface area contributed by atoms with Gasteiger partial charge in [0.25, 0.3) is 0 Å². The highest BCUT2D eigenvalue weighted by Gasteiger charge is 2.12. The fourth-order valence-corrected chi connectivity index (χ4v) is 3.57. The van der Waals surface area contributed by atoms with Crippen molar-refractivity contribution in [2.75, 3.05) is 6.54 Å². The van der Waals surface area contributed by atoms with Gasteiger partial charge >= 0.3 is 0 Å². The van der Waals surface area contributed by atoms with Crippen molar-refractivity contribution in [3.63, 3.8) is 0 Å². The molecule has 1 aliphatic rings. The highest BCUT2D eigenvalue weighted by molar-refractivity contribution is 7.17. The van der Waals surface area contributed by atoms with Gasteiger partial charge in [0, 0.05) is 23.1 Å². The molecule has 0 radical (unpaired) electrons. The van der Waals surface area contributed by atoms with E-state index in [1.807, 2.05) is 11.3 Å². The van der Waals surface area contributed by atoms with Gasteiger partial charge in [0.15, 0.2) is 0 Å². The molecule has 2 aromatic rings. The summed E-state index contributed by atoms with van der Waals surface area (Å²) in [6, 6.07) is 8.66. The van der Waals surface area contributed by atoms with E-state index in [-0.39, 0.29) is 0 Å². The largest absolute Gasteiger partial charge is 0.351 e. The van der Waals surface area contributed by atoms with Crippen LogP contribution in [0, 0.1) is 0 Å². The van der Waals surface area contributed by atoms with Crippen molar-refractivity contribution in [2.45, 2.75) is 20.3 Å². The molecule has 1 nitrogen and oxygen atoms in total. The molecule has 1 aromatic carbocycles. The molecule has 0 amide bonds. The Balaban J connectivity index is 1.77. The standard InChI is InChI=1S/C18H19NS/c1-13-8-10-19(15(3)14(13)2)11-9-16-12-20-18-7-5-4-6-17(16)18/h4-8,10,12H,1,9,11H2,2-3H3. The molecule has 20 heavy (non-hydrogen) atoms. The monoisotopic (exact) mass is 281 g/mol. The second-order valence-corrected chi connectivity index (χ2v) is 6.16. The van der Waals surface area contributed by atoms with E-state index < -0.39 is 0 Å². The molecule has 0 atom stereocenters. The predicted molar refractivity (Wildman–Crippen MR) is 88.9 cm³/mol. The first-order chi connectivity index (χ1) is 9.66. The van der Waals surface area contributed by atoms with E-state index in [2.05, 4.69) is 67.2 Å². The fraction of sp³-hybridized carbons (Fsp3) is 0.222. The molecule has 2 heterocycles. The van der Waals surface area contributed by atoms with Crippen LogP contribution in [0.4, 0.5) is 0 Å². The van der Waals surface area contributed by atoms with Crippen molar-refractivity contribution in [1.29, 1.82) is 0 Å². The smallest absolute Gasteiger partial charge is 0.0345 e. The van der Waals surface area contributed by atoms with Gasteiger partial charge in [0.1, 0.15) is 0 Å². The SMILES string of the molecule is C=C1C=CN(CCc2csc3ccccc23)C(C)=C1C. The summed E-state index contributed by atoms with van der Waals surface area (Å²) in [4.78, 5) is 2.33. The first-order valence-corrected chi connectivity index (χ1v) is 7.81. The summed E-state index contributed by atoms with van der Waals surface area (Å²) in [6.07, 6.45) is 5.33. The van der Waals surface area contributed by atoms with Crippen molar-refractivity contribution in [2.24, 2.45) is 0 Å². The van der Waals surface area contributed by atoms with E-state index >= 15 is 0 Å². The maximum Gasteiger partial charge on any atom is 0.0345 e. The van der Waals surface area contributed by atoms with Gasteiger partial charge in [-0.25, -0.2) is 0 Å². The minimum atomic E-state index is 1.02. The van der Waals surface area contributed by atoms with E-state index in [1.54, 1.807) is 0 Å². The minimum Gasteiger partial charge on any atom is -0.351 e. The van der Waals surface area contributed by atoms with Crippen LogP contribution in [0.25, 0.3) is 10.1 Å². The number of nitrogens with zero attached hydrogens (tertiary/aromatic N) is 1. The van der Waals surface area contributed by atoms with Crippen LogP contribution in [0.1, 0.15) is 19.4 Å². The third kappa shape index (κ3) is 2.32. The van der Waals surface area contributed by atoms with Gasteiger partial charge in [-0.1, -0.05) is 24.8 Å². The normalized spacial score (nSPS) is 15.5. The third-order valence-electron chi connectivity index (χ3n) is 4.09. The maximum atomic E-state index is 4.06. The maximum absolute atomic E-state index is 4.06. The molecule has 3 rings (SSSR count).